The Morgan fingerprint density at radius 2 is 2.08 bits per heavy atom. The number of aryl methyl sites for hydroxylation is 1. The van der Waals surface area contributed by atoms with Crippen molar-refractivity contribution in [2.75, 3.05) is 17.3 Å². The Kier molecular flexibility index (Phi) is 5.62. The first kappa shape index (κ1) is 18.8. The van der Waals surface area contributed by atoms with E-state index in [0.717, 1.165) is 5.56 Å². The first-order valence-corrected chi connectivity index (χ1v) is 11.2. The smallest absolute Gasteiger partial charge is 0.191 e. The molecule has 0 amide bonds. The molecule has 0 N–H and O–H groups in total. The molecule has 1 aromatic heterocycles. The molecule has 0 saturated carbocycles. The molecule has 8 heteroatoms. The molecular formula is C18H21N3O3S2. The fourth-order valence-electron chi connectivity index (χ4n) is 2.96. The van der Waals surface area contributed by atoms with Crippen molar-refractivity contribution in [3.8, 4) is 0 Å². The molecule has 2 aromatic rings. The van der Waals surface area contributed by atoms with E-state index in [9.17, 15) is 13.2 Å². The molecule has 1 saturated heterocycles. The highest BCUT2D eigenvalue weighted by Gasteiger charge is 2.33. The topological polar surface area (TPSA) is 81.9 Å². The third-order valence-electron chi connectivity index (χ3n) is 4.36. The van der Waals surface area contributed by atoms with Crippen LogP contribution in [0.2, 0.25) is 0 Å². The molecule has 0 radical (unpaired) electrons. The Hall–Kier alpha value is -1.93. The average molecular weight is 392 g/mol. The van der Waals surface area contributed by atoms with E-state index in [0.29, 0.717) is 29.5 Å². The molecule has 1 fully saturated rings. The Morgan fingerprint density at radius 3 is 2.69 bits per heavy atom. The maximum Gasteiger partial charge on any atom is 0.191 e. The lowest BCUT2D eigenvalue weighted by Crippen LogP contribution is -2.12. The number of rotatable bonds is 7. The number of hydrogen-bond acceptors (Lipinski definition) is 6. The zero-order valence-electron chi connectivity index (χ0n) is 14.6. The van der Waals surface area contributed by atoms with Crippen molar-refractivity contribution in [3.63, 3.8) is 0 Å². The summed E-state index contributed by atoms with van der Waals surface area (Å²) in [5.74, 6) is 1.09. The molecule has 0 aliphatic carbocycles. The molecule has 26 heavy (non-hydrogen) atoms. The van der Waals surface area contributed by atoms with E-state index in [2.05, 4.69) is 16.8 Å². The minimum absolute atomic E-state index is 0.0214. The summed E-state index contributed by atoms with van der Waals surface area (Å²) >= 11 is 1.32. The first-order chi connectivity index (χ1) is 12.4. The number of nitrogens with zero attached hydrogens (tertiary/aromatic N) is 3. The number of sulfone groups is 1. The summed E-state index contributed by atoms with van der Waals surface area (Å²) in [6.07, 6.45) is 2.28. The van der Waals surface area contributed by atoms with Crippen LogP contribution in [0.4, 0.5) is 0 Å². The standard InChI is InChI=1S/C18H21N3O3S2/c1-3-9-21-17(15-8-10-26(23,24)12-15)19-20-18(21)25-11-16(22)14-6-4-13(2)5-7-14/h3-7,15H,1,8-12H2,2H3/t15-/m1/s1. The number of carbonyl (C=O) groups is 1. The molecule has 1 aliphatic rings. The number of benzene rings is 1. The minimum Gasteiger partial charge on any atom is -0.302 e. The van der Waals surface area contributed by atoms with Crippen molar-refractivity contribution >= 4 is 27.4 Å². The summed E-state index contributed by atoms with van der Waals surface area (Å²) in [5, 5.41) is 9.02. The molecular weight excluding hydrogens is 370 g/mol. The van der Waals surface area contributed by atoms with E-state index < -0.39 is 9.84 Å². The predicted molar refractivity (Wildman–Crippen MR) is 102 cm³/mol. The SMILES string of the molecule is C=CCn1c(SCC(=O)c2ccc(C)cc2)nnc1[C@@H]1CCS(=O)(=O)C1. The predicted octanol–water partition coefficient (Wildman–Crippen LogP) is 2.65. The summed E-state index contributed by atoms with van der Waals surface area (Å²) in [5.41, 5.74) is 1.77. The quantitative estimate of drug-likeness (QED) is 0.410. The van der Waals surface area contributed by atoms with Gasteiger partial charge in [-0.1, -0.05) is 47.7 Å². The summed E-state index contributed by atoms with van der Waals surface area (Å²) < 4.78 is 25.4. The molecule has 6 nitrogen and oxygen atoms in total. The lowest BCUT2D eigenvalue weighted by molar-refractivity contribution is 0.102. The second-order valence-corrected chi connectivity index (χ2v) is 9.59. The number of Topliss-reactive ketones (excluding diaryl/α,β-unsaturated/α-hetero) is 1. The number of hydrogen-bond donors (Lipinski definition) is 0. The molecule has 3 rings (SSSR count). The summed E-state index contributed by atoms with van der Waals surface area (Å²) in [6.45, 7) is 6.22. The number of thioether (sulfide) groups is 1. The number of ketones is 1. The lowest BCUT2D eigenvalue weighted by Gasteiger charge is -2.11. The Bertz CT molecular complexity index is 918. The van der Waals surface area contributed by atoms with E-state index in [1.807, 2.05) is 35.8 Å². The van der Waals surface area contributed by atoms with Crippen LogP contribution in [0.1, 0.15) is 34.1 Å². The van der Waals surface area contributed by atoms with Crippen LogP contribution in [0.15, 0.2) is 42.1 Å². The van der Waals surface area contributed by atoms with Crippen molar-refractivity contribution in [3.05, 3.63) is 53.9 Å². The van der Waals surface area contributed by atoms with Crippen LogP contribution < -0.4 is 0 Å². The zero-order valence-corrected chi connectivity index (χ0v) is 16.2. The molecule has 138 valence electrons. The van der Waals surface area contributed by atoms with Gasteiger partial charge in [-0.3, -0.25) is 4.79 Å². The third-order valence-corrected chi connectivity index (χ3v) is 7.10. The molecule has 0 spiro atoms. The summed E-state index contributed by atoms with van der Waals surface area (Å²) in [7, 11) is -3.00. The van der Waals surface area contributed by atoms with Gasteiger partial charge in [0.05, 0.1) is 17.3 Å². The van der Waals surface area contributed by atoms with Gasteiger partial charge in [-0.25, -0.2) is 8.42 Å². The monoisotopic (exact) mass is 391 g/mol. The van der Waals surface area contributed by atoms with Gasteiger partial charge >= 0.3 is 0 Å². The van der Waals surface area contributed by atoms with Crippen LogP contribution in [0.5, 0.6) is 0 Å². The van der Waals surface area contributed by atoms with Crippen LogP contribution in [-0.2, 0) is 16.4 Å². The third kappa shape index (κ3) is 4.24. The van der Waals surface area contributed by atoms with Crippen LogP contribution in [-0.4, -0.2) is 46.2 Å². The van der Waals surface area contributed by atoms with E-state index in [-0.39, 0.29) is 29.0 Å². The molecule has 1 aromatic carbocycles. The fraction of sp³-hybridized carbons (Fsp3) is 0.389. The van der Waals surface area contributed by atoms with Crippen LogP contribution in [0.25, 0.3) is 0 Å². The highest BCUT2D eigenvalue weighted by molar-refractivity contribution is 7.99. The van der Waals surface area contributed by atoms with E-state index in [1.54, 1.807) is 6.08 Å². The molecule has 0 unspecified atom stereocenters. The second-order valence-electron chi connectivity index (χ2n) is 6.42. The Morgan fingerprint density at radius 1 is 1.35 bits per heavy atom. The van der Waals surface area contributed by atoms with Gasteiger partial charge in [0.1, 0.15) is 5.82 Å². The fourth-order valence-corrected chi connectivity index (χ4v) is 5.55. The molecule has 1 aliphatic heterocycles. The van der Waals surface area contributed by atoms with Gasteiger partial charge < -0.3 is 4.57 Å². The molecule has 2 heterocycles. The molecule has 0 bridgehead atoms. The lowest BCUT2D eigenvalue weighted by atomic mass is 10.1. The van der Waals surface area contributed by atoms with Gasteiger partial charge in [-0.05, 0) is 13.3 Å². The molecule has 1 atom stereocenters. The Balaban J connectivity index is 1.74. The van der Waals surface area contributed by atoms with Gasteiger partial charge in [0, 0.05) is 18.0 Å². The largest absolute Gasteiger partial charge is 0.302 e. The van der Waals surface area contributed by atoms with Gasteiger partial charge in [0.15, 0.2) is 20.8 Å². The van der Waals surface area contributed by atoms with Crippen molar-refractivity contribution in [1.29, 1.82) is 0 Å². The van der Waals surface area contributed by atoms with E-state index >= 15 is 0 Å². The van der Waals surface area contributed by atoms with Crippen molar-refractivity contribution < 1.29 is 13.2 Å². The average Bonchev–Trinajstić information content (AvgIpc) is 3.16. The second kappa shape index (κ2) is 7.75. The highest BCUT2D eigenvalue weighted by atomic mass is 32.2. The number of carbonyl (C=O) groups excluding carboxylic acids is 1. The first-order valence-electron chi connectivity index (χ1n) is 8.36. The van der Waals surface area contributed by atoms with E-state index in [4.69, 9.17) is 0 Å². The van der Waals surface area contributed by atoms with Crippen molar-refractivity contribution in [2.45, 2.75) is 31.0 Å². The Labute approximate surface area is 157 Å². The van der Waals surface area contributed by atoms with Crippen LogP contribution in [0.3, 0.4) is 0 Å². The number of aromatic nitrogens is 3. The van der Waals surface area contributed by atoms with Gasteiger partial charge in [-0.2, -0.15) is 0 Å². The zero-order chi connectivity index (χ0) is 18.7. The van der Waals surface area contributed by atoms with E-state index in [1.165, 1.54) is 11.8 Å². The maximum absolute atomic E-state index is 12.4. The summed E-state index contributed by atoms with van der Waals surface area (Å²) in [6, 6.07) is 7.47. The van der Waals surface area contributed by atoms with Crippen molar-refractivity contribution in [2.24, 2.45) is 0 Å². The highest BCUT2D eigenvalue weighted by Crippen LogP contribution is 2.30. The van der Waals surface area contributed by atoms with Crippen molar-refractivity contribution in [1.82, 2.24) is 14.8 Å². The van der Waals surface area contributed by atoms with Gasteiger partial charge in [0.2, 0.25) is 0 Å². The summed E-state index contributed by atoms with van der Waals surface area (Å²) in [4.78, 5) is 12.4. The number of allylic oxidation sites excluding steroid dienone is 1. The minimum atomic E-state index is -3.00. The normalized spacial score (nSPS) is 18.7. The maximum atomic E-state index is 12.4. The van der Waals surface area contributed by atoms with Crippen LogP contribution in [0, 0.1) is 6.92 Å². The van der Waals surface area contributed by atoms with Crippen LogP contribution >= 0.6 is 11.8 Å². The van der Waals surface area contributed by atoms with Gasteiger partial charge in [0.25, 0.3) is 0 Å². The van der Waals surface area contributed by atoms with Gasteiger partial charge in [-0.15, -0.1) is 16.8 Å².